The van der Waals surface area contributed by atoms with Crippen LogP contribution in [0.25, 0.3) is 0 Å². The molecule has 1 fully saturated rings. The Bertz CT molecular complexity index is 789. The fraction of sp³-hybridized carbons (Fsp3) is 0.783. The van der Waals surface area contributed by atoms with Crippen molar-refractivity contribution in [2.75, 3.05) is 6.61 Å². The van der Waals surface area contributed by atoms with Gasteiger partial charge in [-0.05, 0) is 45.8 Å². The molecule has 0 N–H and O–H groups in total. The van der Waals surface area contributed by atoms with E-state index in [4.69, 9.17) is 13.9 Å². The predicted molar refractivity (Wildman–Crippen MR) is 121 cm³/mol. The summed E-state index contributed by atoms with van der Waals surface area (Å²) in [6, 6.07) is -0.208. The lowest BCUT2D eigenvalue weighted by Crippen LogP contribution is -2.65. The fourth-order valence-corrected chi connectivity index (χ4v) is 5.46. The van der Waals surface area contributed by atoms with Gasteiger partial charge >= 0.3 is 11.9 Å². The number of hydrogen-bond donors (Lipinski definition) is 0. The Balaban J connectivity index is 2.33. The molecule has 0 aromatic carbocycles. The Hall–Kier alpha value is -1.67. The molecule has 0 bridgehead atoms. The van der Waals surface area contributed by atoms with Crippen molar-refractivity contribution in [2.45, 2.75) is 98.2 Å². The molecule has 2 aliphatic rings. The van der Waals surface area contributed by atoms with E-state index >= 15 is 0 Å². The first kappa shape index (κ1) is 25.6. The number of fused-ring (bicyclic) bond motifs is 1. The van der Waals surface area contributed by atoms with Crippen LogP contribution in [0.5, 0.6) is 0 Å². The van der Waals surface area contributed by atoms with Crippen LogP contribution in [0, 0.1) is 11.8 Å². The third-order valence-corrected chi connectivity index (χ3v) is 11.2. The van der Waals surface area contributed by atoms with Crippen LogP contribution in [0.3, 0.4) is 0 Å². The van der Waals surface area contributed by atoms with Gasteiger partial charge in [0.25, 0.3) is 0 Å². The lowest BCUT2D eigenvalue weighted by molar-refractivity contribution is -0.166. The normalized spacial score (nSPS) is 25.2. The number of β-lactam (4-membered cyclic amide) rings is 1. The quantitative estimate of drug-likeness (QED) is 0.343. The van der Waals surface area contributed by atoms with Crippen LogP contribution in [0.2, 0.25) is 18.1 Å². The molecule has 1 saturated heterocycles. The molecule has 0 aromatic rings. The van der Waals surface area contributed by atoms with Crippen LogP contribution < -0.4 is 0 Å². The summed E-state index contributed by atoms with van der Waals surface area (Å²) in [7, 11) is -2.07. The lowest BCUT2D eigenvalue weighted by atomic mass is 9.78. The first-order valence-electron chi connectivity index (χ1n) is 11.0. The molecule has 0 aliphatic carbocycles. The number of nitrogens with zero attached hydrogens (tertiary/aromatic N) is 1. The van der Waals surface area contributed by atoms with Crippen molar-refractivity contribution < 1.29 is 28.3 Å². The Morgan fingerprint density at radius 2 is 1.68 bits per heavy atom. The number of ether oxygens (including phenoxy) is 2. The Labute approximate surface area is 187 Å². The van der Waals surface area contributed by atoms with E-state index in [-0.39, 0.29) is 47.2 Å². The predicted octanol–water partition coefficient (Wildman–Crippen LogP) is 4.03. The maximum absolute atomic E-state index is 13.2. The number of carbonyl (C=O) groups excluding carboxylic acids is 3. The molecule has 8 heteroatoms. The van der Waals surface area contributed by atoms with E-state index < -0.39 is 25.9 Å². The summed E-state index contributed by atoms with van der Waals surface area (Å²) in [5.41, 5.74) is 0.142. The largest absolute Gasteiger partial charge is 0.461 e. The summed E-state index contributed by atoms with van der Waals surface area (Å²) in [4.78, 5) is 39.2. The number of esters is 2. The van der Waals surface area contributed by atoms with Gasteiger partial charge in [0.15, 0.2) is 8.32 Å². The summed E-state index contributed by atoms with van der Waals surface area (Å²) in [5, 5.41) is 0.0233. The summed E-state index contributed by atoms with van der Waals surface area (Å²) >= 11 is 0. The van der Waals surface area contributed by atoms with Crippen molar-refractivity contribution in [3.63, 3.8) is 0 Å². The Kier molecular flexibility index (Phi) is 6.89. The van der Waals surface area contributed by atoms with Crippen LogP contribution in [0.15, 0.2) is 11.3 Å². The zero-order chi connectivity index (χ0) is 24.1. The van der Waals surface area contributed by atoms with Crippen molar-refractivity contribution in [3.05, 3.63) is 11.3 Å². The molecule has 2 rings (SSSR count). The second-order valence-electron chi connectivity index (χ2n) is 11.3. The van der Waals surface area contributed by atoms with Gasteiger partial charge in [-0.1, -0.05) is 27.7 Å². The molecule has 0 spiro atoms. The van der Waals surface area contributed by atoms with E-state index in [0.29, 0.717) is 5.57 Å². The Morgan fingerprint density at radius 1 is 1.13 bits per heavy atom. The third kappa shape index (κ3) is 5.05. The maximum atomic E-state index is 13.2. The van der Waals surface area contributed by atoms with Crippen LogP contribution in [-0.2, 0) is 28.3 Å². The van der Waals surface area contributed by atoms with E-state index in [1.807, 2.05) is 13.8 Å². The van der Waals surface area contributed by atoms with Gasteiger partial charge < -0.3 is 18.8 Å². The molecule has 4 atom stereocenters. The van der Waals surface area contributed by atoms with Crippen molar-refractivity contribution in [1.82, 2.24) is 4.90 Å². The monoisotopic (exact) mass is 453 g/mol. The van der Waals surface area contributed by atoms with Crippen LogP contribution >= 0.6 is 0 Å². The van der Waals surface area contributed by atoms with Crippen LogP contribution in [0.1, 0.15) is 62.3 Å². The van der Waals surface area contributed by atoms with Gasteiger partial charge in [-0.25, -0.2) is 4.79 Å². The SMILES string of the molecule is CC(=O)OCC1=C(C(=O)OC(C)(C)C)N2C(=O)[C@H]([C@@H](C)O[Si](C)(C)C(C)(C)C)[C@H]2[C@H]1C. The smallest absolute Gasteiger partial charge is 0.355 e. The third-order valence-electron chi connectivity index (χ3n) is 6.61. The van der Waals surface area contributed by atoms with E-state index in [2.05, 4.69) is 33.9 Å². The molecule has 2 heterocycles. The lowest BCUT2D eigenvalue weighted by Gasteiger charge is -2.50. The van der Waals surface area contributed by atoms with Crippen molar-refractivity contribution >= 4 is 26.2 Å². The highest BCUT2D eigenvalue weighted by atomic mass is 28.4. The van der Waals surface area contributed by atoms with Gasteiger partial charge in [0.2, 0.25) is 5.91 Å². The molecular weight excluding hydrogens is 414 g/mol. The van der Waals surface area contributed by atoms with Crippen molar-refractivity contribution in [1.29, 1.82) is 0 Å². The number of hydrogen-bond acceptors (Lipinski definition) is 6. The second-order valence-corrected chi connectivity index (χ2v) is 16.0. The molecule has 0 aromatic heterocycles. The highest BCUT2D eigenvalue weighted by molar-refractivity contribution is 6.74. The van der Waals surface area contributed by atoms with Crippen LogP contribution in [0.4, 0.5) is 0 Å². The first-order valence-corrected chi connectivity index (χ1v) is 13.9. The number of carbonyl (C=O) groups is 3. The minimum Gasteiger partial charge on any atom is -0.461 e. The second kappa shape index (κ2) is 8.35. The number of amides is 1. The zero-order valence-electron chi connectivity index (χ0n) is 20.9. The topological polar surface area (TPSA) is 82.1 Å². The molecule has 7 nitrogen and oxygen atoms in total. The van der Waals surface area contributed by atoms with Crippen LogP contribution in [-0.4, -0.2) is 55.4 Å². The fourth-order valence-electron chi connectivity index (χ4n) is 4.03. The molecule has 31 heavy (non-hydrogen) atoms. The summed E-state index contributed by atoms with van der Waals surface area (Å²) < 4.78 is 17.3. The molecule has 176 valence electrons. The first-order chi connectivity index (χ1) is 13.9. The average molecular weight is 454 g/mol. The highest BCUT2D eigenvalue weighted by Crippen LogP contribution is 2.49. The van der Waals surface area contributed by atoms with Gasteiger partial charge in [-0.3, -0.25) is 9.59 Å². The van der Waals surface area contributed by atoms with Gasteiger partial charge in [0.1, 0.15) is 17.9 Å². The molecule has 1 amide bonds. The standard InChI is InChI=1S/C23H39NO6Si/c1-13-16(12-28-15(3)25)19(21(27)29-22(4,5)6)24-18(13)17(20(24)26)14(2)30-31(10,11)23(7,8)9/h13-14,17-18H,12H2,1-11H3/t13-,14+,17+,18+/m0/s1. The van der Waals surface area contributed by atoms with E-state index in [0.717, 1.165) is 0 Å². The highest BCUT2D eigenvalue weighted by Gasteiger charge is 2.61. The van der Waals surface area contributed by atoms with E-state index in [9.17, 15) is 14.4 Å². The minimum absolute atomic E-state index is 0.0233. The Morgan fingerprint density at radius 3 is 2.13 bits per heavy atom. The molecule has 0 unspecified atom stereocenters. The summed E-state index contributed by atoms with van der Waals surface area (Å²) in [6.07, 6.45) is -0.273. The number of rotatable bonds is 6. The van der Waals surface area contributed by atoms with Gasteiger partial charge in [-0.15, -0.1) is 0 Å². The van der Waals surface area contributed by atoms with E-state index in [1.54, 1.807) is 20.8 Å². The van der Waals surface area contributed by atoms with E-state index in [1.165, 1.54) is 11.8 Å². The summed E-state index contributed by atoms with van der Waals surface area (Å²) in [5.74, 6) is -1.63. The zero-order valence-corrected chi connectivity index (χ0v) is 21.9. The average Bonchev–Trinajstić information content (AvgIpc) is 2.78. The van der Waals surface area contributed by atoms with Crippen molar-refractivity contribution in [2.24, 2.45) is 11.8 Å². The van der Waals surface area contributed by atoms with Gasteiger partial charge in [0.05, 0.1) is 18.1 Å². The maximum Gasteiger partial charge on any atom is 0.355 e. The molecule has 0 radical (unpaired) electrons. The summed E-state index contributed by atoms with van der Waals surface area (Å²) in [6.45, 7) is 21.4. The van der Waals surface area contributed by atoms with Crippen molar-refractivity contribution in [3.8, 4) is 0 Å². The molecule has 2 aliphatic heterocycles. The van der Waals surface area contributed by atoms with Gasteiger partial charge in [0, 0.05) is 18.4 Å². The minimum atomic E-state index is -2.07. The molecular formula is C23H39NO6Si. The van der Waals surface area contributed by atoms with Gasteiger partial charge in [-0.2, -0.15) is 0 Å². The molecule has 0 saturated carbocycles.